The number of para-hydroxylation sites is 1. The number of aromatic nitrogens is 2. The molecule has 1 aromatic heterocycles. The number of hydrogen-bond acceptors (Lipinski definition) is 6. The molecule has 0 amide bonds. The van der Waals surface area contributed by atoms with Gasteiger partial charge < -0.3 is 23.9 Å². The third-order valence-electron chi connectivity index (χ3n) is 4.91. The van der Waals surface area contributed by atoms with Crippen molar-refractivity contribution in [3.8, 4) is 34.4 Å². The molecule has 0 unspecified atom stereocenters. The summed E-state index contributed by atoms with van der Waals surface area (Å²) in [6.07, 6.45) is 0. The Morgan fingerprint density at radius 3 is 2.80 bits per heavy atom. The third kappa shape index (κ3) is 3.30. The van der Waals surface area contributed by atoms with Crippen molar-refractivity contribution in [2.24, 2.45) is 0 Å². The summed E-state index contributed by atoms with van der Waals surface area (Å²) >= 11 is 0. The number of hydrogen-bond donors (Lipinski definition) is 1. The molecule has 3 aromatic carbocycles. The van der Waals surface area contributed by atoms with Gasteiger partial charge in [-0.1, -0.05) is 12.1 Å². The summed E-state index contributed by atoms with van der Waals surface area (Å²) in [4.78, 5) is 19.9. The van der Waals surface area contributed by atoms with Gasteiger partial charge in [0, 0.05) is 17.2 Å². The van der Waals surface area contributed by atoms with E-state index in [0.717, 1.165) is 11.1 Å². The van der Waals surface area contributed by atoms with Gasteiger partial charge in [0.15, 0.2) is 11.5 Å². The number of fused-ring (bicyclic) bond motifs is 2. The maximum atomic E-state index is 12.4. The second-order valence-electron chi connectivity index (χ2n) is 6.76. The maximum absolute atomic E-state index is 12.4. The molecule has 30 heavy (non-hydrogen) atoms. The first-order chi connectivity index (χ1) is 14.7. The van der Waals surface area contributed by atoms with Crippen molar-refractivity contribution in [2.45, 2.75) is 6.61 Å². The van der Waals surface area contributed by atoms with Crippen molar-refractivity contribution >= 4 is 10.9 Å². The van der Waals surface area contributed by atoms with Crippen LogP contribution in [0, 0.1) is 0 Å². The molecule has 4 aromatic rings. The smallest absolute Gasteiger partial charge is 0.259 e. The zero-order valence-electron chi connectivity index (χ0n) is 16.2. The lowest BCUT2D eigenvalue weighted by Crippen LogP contribution is -2.09. The molecule has 0 radical (unpaired) electrons. The second kappa shape index (κ2) is 7.44. The Morgan fingerprint density at radius 1 is 1.03 bits per heavy atom. The monoisotopic (exact) mass is 402 g/mol. The molecule has 0 spiro atoms. The molecule has 150 valence electrons. The molecule has 0 bridgehead atoms. The van der Waals surface area contributed by atoms with Crippen LogP contribution in [0.5, 0.6) is 23.0 Å². The second-order valence-corrected chi connectivity index (χ2v) is 6.76. The van der Waals surface area contributed by atoms with Crippen LogP contribution in [-0.4, -0.2) is 23.9 Å². The SMILES string of the molecule is COc1ccc(-c2nc3ccccc3c(=O)[nH]2)cc1COc1ccc2c(c1)OCO2. The van der Waals surface area contributed by atoms with Crippen LogP contribution in [-0.2, 0) is 6.61 Å². The summed E-state index contributed by atoms with van der Waals surface area (Å²) in [6, 6.07) is 18.3. The van der Waals surface area contributed by atoms with Gasteiger partial charge in [-0.15, -0.1) is 0 Å². The quantitative estimate of drug-likeness (QED) is 0.545. The normalized spacial score (nSPS) is 12.2. The Bertz CT molecular complexity index is 1300. The highest BCUT2D eigenvalue weighted by Crippen LogP contribution is 2.35. The van der Waals surface area contributed by atoms with E-state index in [1.165, 1.54) is 0 Å². The van der Waals surface area contributed by atoms with E-state index >= 15 is 0 Å². The van der Waals surface area contributed by atoms with Crippen LogP contribution in [0.25, 0.3) is 22.3 Å². The summed E-state index contributed by atoms with van der Waals surface area (Å²) in [5.74, 6) is 3.19. The Morgan fingerprint density at radius 2 is 1.90 bits per heavy atom. The topological polar surface area (TPSA) is 82.7 Å². The van der Waals surface area contributed by atoms with E-state index in [1.54, 1.807) is 19.2 Å². The predicted molar refractivity (Wildman–Crippen MR) is 111 cm³/mol. The van der Waals surface area contributed by atoms with E-state index in [4.69, 9.17) is 18.9 Å². The van der Waals surface area contributed by atoms with Gasteiger partial charge in [-0.3, -0.25) is 4.79 Å². The van der Waals surface area contributed by atoms with Gasteiger partial charge in [0.05, 0.1) is 18.0 Å². The summed E-state index contributed by atoms with van der Waals surface area (Å²) in [7, 11) is 1.61. The van der Waals surface area contributed by atoms with Crippen molar-refractivity contribution in [1.82, 2.24) is 9.97 Å². The van der Waals surface area contributed by atoms with Gasteiger partial charge in [-0.05, 0) is 42.5 Å². The molecule has 7 heteroatoms. The zero-order valence-corrected chi connectivity index (χ0v) is 16.2. The van der Waals surface area contributed by atoms with Crippen LogP contribution in [0.1, 0.15) is 5.56 Å². The van der Waals surface area contributed by atoms with E-state index in [0.29, 0.717) is 39.7 Å². The largest absolute Gasteiger partial charge is 0.496 e. The molecule has 1 N–H and O–H groups in total. The first-order valence-corrected chi connectivity index (χ1v) is 9.40. The lowest BCUT2D eigenvalue weighted by Gasteiger charge is -2.12. The molecule has 1 aliphatic heterocycles. The van der Waals surface area contributed by atoms with Crippen LogP contribution in [0.4, 0.5) is 0 Å². The fourth-order valence-corrected chi connectivity index (χ4v) is 3.39. The van der Waals surface area contributed by atoms with Gasteiger partial charge in [0.25, 0.3) is 5.56 Å². The van der Waals surface area contributed by atoms with Crippen LogP contribution in [0.15, 0.2) is 65.5 Å². The Kier molecular flexibility index (Phi) is 4.48. The number of rotatable bonds is 5. The van der Waals surface area contributed by atoms with Crippen molar-refractivity contribution in [1.29, 1.82) is 0 Å². The minimum atomic E-state index is -0.176. The number of nitrogens with zero attached hydrogens (tertiary/aromatic N) is 1. The van der Waals surface area contributed by atoms with Crippen LogP contribution < -0.4 is 24.5 Å². The lowest BCUT2D eigenvalue weighted by molar-refractivity contribution is 0.173. The van der Waals surface area contributed by atoms with Crippen LogP contribution in [0.2, 0.25) is 0 Å². The number of methoxy groups -OCH3 is 1. The Labute approximate surface area is 171 Å². The van der Waals surface area contributed by atoms with Crippen LogP contribution >= 0.6 is 0 Å². The molecular weight excluding hydrogens is 384 g/mol. The van der Waals surface area contributed by atoms with Gasteiger partial charge in [0.1, 0.15) is 23.9 Å². The van der Waals surface area contributed by atoms with E-state index in [-0.39, 0.29) is 19.0 Å². The maximum Gasteiger partial charge on any atom is 0.259 e. The van der Waals surface area contributed by atoms with Gasteiger partial charge in [0.2, 0.25) is 6.79 Å². The van der Waals surface area contributed by atoms with E-state index in [9.17, 15) is 4.79 Å². The fraction of sp³-hybridized carbons (Fsp3) is 0.130. The number of ether oxygens (including phenoxy) is 4. The molecule has 5 rings (SSSR count). The fourth-order valence-electron chi connectivity index (χ4n) is 3.39. The van der Waals surface area contributed by atoms with E-state index < -0.39 is 0 Å². The van der Waals surface area contributed by atoms with E-state index in [1.807, 2.05) is 48.5 Å². The number of H-pyrrole nitrogens is 1. The molecular formula is C23H18N2O5. The predicted octanol–water partition coefficient (Wildman–Crippen LogP) is 3.91. The Hall–Kier alpha value is -4.00. The van der Waals surface area contributed by atoms with Crippen molar-refractivity contribution in [3.05, 3.63) is 76.6 Å². The molecule has 1 aliphatic rings. The summed E-state index contributed by atoms with van der Waals surface area (Å²) in [6.45, 7) is 0.486. The lowest BCUT2D eigenvalue weighted by atomic mass is 10.1. The number of benzene rings is 3. The molecule has 0 atom stereocenters. The zero-order chi connectivity index (χ0) is 20.5. The van der Waals surface area contributed by atoms with Crippen molar-refractivity contribution < 1.29 is 18.9 Å². The van der Waals surface area contributed by atoms with Crippen molar-refractivity contribution in [2.75, 3.05) is 13.9 Å². The Balaban J connectivity index is 1.46. The summed E-state index contributed by atoms with van der Waals surface area (Å²) < 4.78 is 22.1. The van der Waals surface area contributed by atoms with E-state index in [2.05, 4.69) is 9.97 Å². The molecule has 0 aliphatic carbocycles. The first kappa shape index (κ1) is 18.1. The summed E-state index contributed by atoms with van der Waals surface area (Å²) in [5.41, 5.74) is 2.06. The molecule has 0 saturated heterocycles. The van der Waals surface area contributed by atoms with Crippen molar-refractivity contribution in [3.63, 3.8) is 0 Å². The highest BCUT2D eigenvalue weighted by molar-refractivity contribution is 5.79. The van der Waals surface area contributed by atoms with Crippen LogP contribution in [0.3, 0.4) is 0 Å². The van der Waals surface area contributed by atoms with Gasteiger partial charge in [-0.25, -0.2) is 4.98 Å². The number of nitrogens with one attached hydrogen (secondary N) is 1. The highest BCUT2D eigenvalue weighted by atomic mass is 16.7. The standard InChI is InChI=1S/C23H18N2O5/c1-27-19-8-6-14(22-24-18-5-3-2-4-17(18)23(26)25-22)10-15(19)12-28-16-7-9-20-21(11-16)30-13-29-20/h2-11H,12-13H2,1H3,(H,24,25,26). The minimum Gasteiger partial charge on any atom is -0.496 e. The number of aromatic amines is 1. The molecule has 2 heterocycles. The van der Waals surface area contributed by atoms with Gasteiger partial charge in [-0.2, -0.15) is 0 Å². The molecule has 0 saturated carbocycles. The molecule has 7 nitrogen and oxygen atoms in total. The average Bonchev–Trinajstić information content (AvgIpc) is 3.25. The minimum absolute atomic E-state index is 0.176. The highest BCUT2D eigenvalue weighted by Gasteiger charge is 2.15. The summed E-state index contributed by atoms with van der Waals surface area (Å²) in [5, 5.41) is 0.557. The molecule has 0 fully saturated rings. The third-order valence-corrected chi connectivity index (χ3v) is 4.91. The average molecular weight is 402 g/mol. The first-order valence-electron chi connectivity index (χ1n) is 9.40. The van der Waals surface area contributed by atoms with Gasteiger partial charge >= 0.3 is 0 Å².